The van der Waals surface area contributed by atoms with Crippen LogP contribution in [-0.2, 0) is 20.4 Å². The van der Waals surface area contributed by atoms with E-state index in [0.29, 0.717) is 5.92 Å². The normalized spacial score (nSPS) is 13.5. The maximum Gasteiger partial charge on any atom is -1.00 e. The van der Waals surface area contributed by atoms with E-state index in [9.17, 15) is 0 Å². The van der Waals surface area contributed by atoms with Crippen LogP contribution in [0.2, 0.25) is 0 Å². The Bertz CT molecular complexity index is 704. The minimum atomic E-state index is 0. The fraction of sp³-hybridized carbons (Fsp3) is 0.273. The topological polar surface area (TPSA) is 0 Å². The molecule has 0 aliphatic heterocycles. The summed E-state index contributed by atoms with van der Waals surface area (Å²) in [4.78, 5) is 0. The fourth-order valence-electron chi connectivity index (χ4n) is 3.42. The van der Waals surface area contributed by atoms with Gasteiger partial charge in [0.05, 0.1) is 0 Å². The second-order valence-electron chi connectivity index (χ2n) is 7.23. The third-order valence-corrected chi connectivity index (χ3v) is 5.46. The van der Waals surface area contributed by atoms with E-state index in [1.54, 1.807) is 5.57 Å². The van der Waals surface area contributed by atoms with Crippen LogP contribution in [0, 0.1) is 5.41 Å². The first-order chi connectivity index (χ1) is 11.0. The number of rotatable bonds is 3. The van der Waals surface area contributed by atoms with Gasteiger partial charge in [-0.05, 0) is 0 Å². The number of hydrogen-bond acceptors (Lipinski definition) is 0. The first kappa shape index (κ1) is 25.5. The van der Waals surface area contributed by atoms with Gasteiger partial charge in [-0.2, -0.15) is 0 Å². The van der Waals surface area contributed by atoms with Crippen molar-refractivity contribution in [3.8, 4) is 0 Å². The van der Waals surface area contributed by atoms with Crippen molar-refractivity contribution in [2.75, 3.05) is 0 Å². The van der Waals surface area contributed by atoms with Crippen LogP contribution in [-0.4, -0.2) is 0 Å². The van der Waals surface area contributed by atoms with Crippen LogP contribution < -0.4 is 37.2 Å². The van der Waals surface area contributed by atoms with Gasteiger partial charge in [0.25, 0.3) is 0 Å². The van der Waals surface area contributed by atoms with Crippen LogP contribution in [0.1, 0.15) is 44.2 Å². The molecule has 0 spiro atoms. The SMILES string of the molecule is CC(C)(C)C1=CCC(C(c2ccccc2)c2ccccc2)=[C]1[Ti+3].[Cl-].[Cl-].[Cl-]. The van der Waals surface area contributed by atoms with E-state index in [2.05, 4.69) is 108 Å². The molecule has 0 N–H and O–H groups in total. The summed E-state index contributed by atoms with van der Waals surface area (Å²) in [7, 11) is 0. The molecule has 4 heteroatoms. The van der Waals surface area contributed by atoms with Gasteiger partial charge in [-0.3, -0.25) is 0 Å². The molecule has 0 amide bonds. The van der Waals surface area contributed by atoms with Gasteiger partial charge in [-0.15, -0.1) is 0 Å². The quantitative estimate of drug-likeness (QED) is 0.446. The molecule has 2 aromatic rings. The Labute approximate surface area is 188 Å². The van der Waals surface area contributed by atoms with Crippen molar-refractivity contribution in [3.63, 3.8) is 0 Å². The van der Waals surface area contributed by atoms with Gasteiger partial charge in [0.15, 0.2) is 0 Å². The van der Waals surface area contributed by atoms with E-state index < -0.39 is 0 Å². The second kappa shape index (κ2) is 10.7. The van der Waals surface area contributed by atoms with Gasteiger partial charge in [0.2, 0.25) is 0 Å². The van der Waals surface area contributed by atoms with Gasteiger partial charge in [-0.25, -0.2) is 0 Å². The van der Waals surface area contributed by atoms with Crippen LogP contribution in [0.4, 0.5) is 0 Å². The van der Waals surface area contributed by atoms with Gasteiger partial charge in [-0.1, -0.05) is 0 Å². The molecule has 0 heterocycles. The number of hydrogen-bond donors (Lipinski definition) is 0. The Morgan fingerprint density at radius 3 is 1.54 bits per heavy atom. The van der Waals surface area contributed by atoms with Crippen molar-refractivity contribution in [3.05, 3.63) is 92.9 Å². The van der Waals surface area contributed by atoms with E-state index >= 15 is 0 Å². The summed E-state index contributed by atoms with van der Waals surface area (Å²) in [6, 6.07) is 21.8. The maximum atomic E-state index is 2.43. The predicted octanol–water partition coefficient (Wildman–Crippen LogP) is -2.99. The van der Waals surface area contributed by atoms with E-state index in [4.69, 9.17) is 0 Å². The zero-order chi connectivity index (χ0) is 16.4. The van der Waals surface area contributed by atoms with Crippen molar-refractivity contribution < 1.29 is 57.7 Å². The minimum Gasteiger partial charge on any atom is -1.00 e. The molecule has 0 nitrogen and oxygen atoms in total. The molecule has 0 saturated heterocycles. The van der Waals surface area contributed by atoms with Crippen molar-refractivity contribution in [1.29, 1.82) is 0 Å². The Morgan fingerprint density at radius 2 is 1.19 bits per heavy atom. The summed E-state index contributed by atoms with van der Waals surface area (Å²) in [5.74, 6) is 0.355. The third-order valence-electron chi connectivity index (χ3n) is 4.54. The largest absolute Gasteiger partial charge is 1.00 e. The van der Waals surface area contributed by atoms with E-state index in [0.717, 1.165) is 6.42 Å². The molecule has 0 aromatic heterocycles. The van der Waals surface area contributed by atoms with Gasteiger partial charge in [0.1, 0.15) is 0 Å². The summed E-state index contributed by atoms with van der Waals surface area (Å²) < 4.78 is 1.48. The zero-order valence-electron chi connectivity index (χ0n) is 15.3. The maximum absolute atomic E-state index is 2.43. The molecular weight excluding hydrogens is 418 g/mol. The van der Waals surface area contributed by atoms with Gasteiger partial charge >= 0.3 is 152 Å². The van der Waals surface area contributed by atoms with Crippen molar-refractivity contribution in [2.45, 2.75) is 33.1 Å². The number of halogens is 3. The molecule has 0 unspecified atom stereocenters. The van der Waals surface area contributed by atoms with E-state index in [1.807, 2.05) is 0 Å². The Hall–Kier alpha value is -0.496. The predicted molar refractivity (Wildman–Crippen MR) is 93.9 cm³/mol. The fourth-order valence-corrected chi connectivity index (χ4v) is 4.55. The van der Waals surface area contributed by atoms with E-state index in [1.165, 1.54) is 20.6 Å². The molecular formula is C22H23Cl3Ti. The standard InChI is InChI=1S/C22H23.3ClH.Ti/c1-22(2,3)20-15-14-19(16-20)21(17-10-6-4-7-11-17)18-12-8-5-9-13-18;;;;/h4-13,15,21H,14H2,1-3H3;3*1H;/q;;;;+3/p-3. The molecule has 1 aliphatic carbocycles. The summed E-state index contributed by atoms with van der Waals surface area (Å²) in [6.07, 6.45) is 3.50. The molecule has 0 radical (unpaired) electrons. The molecule has 0 saturated carbocycles. The average Bonchev–Trinajstić information content (AvgIpc) is 2.92. The molecule has 1 aliphatic rings. The van der Waals surface area contributed by atoms with Gasteiger partial charge in [0, 0.05) is 0 Å². The molecule has 2 aromatic carbocycles. The summed E-state index contributed by atoms with van der Waals surface area (Å²) in [6.45, 7) is 6.93. The average molecular weight is 442 g/mol. The van der Waals surface area contributed by atoms with Crippen LogP contribution in [0.5, 0.6) is 0 Å². The Morgan fingerprint density at radius 1 is 0.769 bits per heavy atom. The third kappa shape index (κ3) is 5.50. The molecule has 3 rings (SSSR count). The smallest absolute Gasteiger partial charge is 1.00 e. The van der Waals surface area contributed by atoms with Crippen LogP contribution >= 0.6 is 0 Å². The van der Waals surface area contributed by atoms with Crippen LogP contribution in [0.3, 0.4) is 0 Å². The second-order valence-corrected chi connectivity index (χ2v) is 8.01. The van der Waals surface area contributed by atoms with Crippen molar-refractivity contribution >= 4 is 0 Å². The Kier molecular flexibility index (Phi) is 10.5. The number of benzene rings is 2. The van der Waals surface area contributed by atoms with E-state index in [-0.39, 0.29) is 42.6 Å². The molecule has 0 bridgehead atoms. The molecule has 26 heavy (non-hydrogen) atoms. The van der Waals surface area contributed by atoms with Crippen LogP contribution in [0.15, 0.2) is 81.8 Å². The Balaban J connectivity index is 0.00000208. The molecule has 0 fully saturated rings. The monoisotopic (exact) mass is 440 g/mol. The molecule has 136 valence electrons. The zero-order valence-corrected chi connectivity index (χ0v) is 19.1. The van der Waals surface area contributed by atoms with Gasteiger partial charge < -0.3 is 37.2 Å². The first-order valence-electron chi connectivity index (χ1n) is 8.24. The minimum absolute atomic E-state index is 0. The first-order valence-corrected chi connectivity index (χ1v) is 9.02. The van der Waals surface area contributed by atoms with Crippen molar-refractivity contribution in [2.24, 2.45) is 5.41 Å². The summed E-state index contributed by atoms with van der Waals surface area (Å²) >= 11 is 2.30. The summed E-state index contributed by atoms with van der Waals surface area (Å²) in [5, 5.41) is 0. The summed E-state index contributed by atoms with van der Waals surface area (Å²) in [5.41, 5.74) is 6.04. The van der Waals surface area contributed by atoms with Crippen LogP contribution in [0.25, 0.3) is 0 Å². The van der Waals surface area contributed by atoms with Crippen molar-refractivity contribution in [1.82, 2.24) is 0 Å². The molecule has 0 atom stereocenters. The number of allylic oxidation sites excluding steroid dienone is 4.